The third kappa shape index (κ3) is 4.04. The molecule has 7 nitrogen and oxygen atoms in total. The molecule has 0 saturated heterocycles. The van der Waals surface area contributed by atoms with Gasteiger partial charge < -0.3 is 9.80 Å². The summed E-state index contributed by atoms with van der Waals surface area (Å²) in [5.74, 6) is 1.30. The lowest BCUT2D eigenvalue weighted by molar-refractivity contribution is -0.114. The van der Waals surface area contributed by atoms with Gasteiger partial charge in [0.2, 0.25) is 23.8 Å². The zero-order chi connectivity index (χ0) is 15.1. The van der Waals surface area contributed by atoms with E-state index in [1.807, 2.05) is 37.5 Å². The summed E-state index contributed by atoms with van der Waals surface area (Å²) in [5, 5.41) is 2.64. The van der Waals surface area contributed by atoms with Gasteiger partial charge >= 0.3 is 0 Å². The van der Waals surface area contributed by atoms with Gasteiger partial charge in [0.05, 0.1) is 0 Å². The van der Waals surface area contributed by atoms with Crippen molar-refractivity contribution in [2.45, 2.75) is 34.6 Å². The van der Waals surface area contributed by atoms with Gasteiger partial charge in [0.1, 0.15) is 0 Å². The number of rotatable bonds is 7. The maximum absolute atomic E-state index is 11.2. The molecule has 0 spiro atoms. The van der Waals surface area contributed by atoms with Gasteiger partial charge in [0.15, 0.2) is 0 Å². The molecule has 1 amide bonds. The maximum Gasteiger partial charge on any atom is 0.236 e. The lowest BCUT2D eigenvalue weighted by Gasteiger charge is -2.23. The van der Waals surface area contributed by atoms with Crippen molar-refractivity contribution in [3.63, 3.8) is 0 Å². The average Bonchev–Trinajstić information content (AvgIpc) is 2.40. The van der Waals surface area contributed by atoms with Crippen molar-refractivity contribution in [3.8, 4) is 0 Å². The highest BCUT2D eigenvalue weighted by Crippen LogP contribution is 2.16. The van der Waals surface area contributed by atoms with Crippen molar-refractivity contribution in [2.24, 2.45) is 0 Å². The van der Waals surface area contributed by atoms with Gasteiger partial charge in [0.25, 0.3) is 0 Å². The highest BCUT2D eigenvalue weighted by atomic mass is 16.1. The van der Waals surface area contributed by atoms with Gasteiger partial charge in [-0.15, -0.1) is 0 Å². The Bertz CT molecular complexity index is 412. The summed E-state index contributed by atoms with van der Waals surface area (Å²) in [6, 6.07) is 0. The molecule has 0 fully saturated rings. The zero-order valence-electron chi connectivity index (χ0n) is 13.0. The number of carbonyl (C=O) groups is 1. The summed E-state index contributed by atoms with van der Waals surface area (Å²) in [7, 11) is 0. The molecule has 0 saturated carbocycles. The van der Waals surface area contributed by atoms with Crippen molar-refractivity contribution in [1.29, 1.82) is 0 Å². The average molecular weight is 280 g/mol. The van der Waals surface area contributed by atoms with Crippen LogP contribution in [0.4, 0.5) is 17.8 Å². The predicted octanol–water partition coefficient (Wildman–Crippen LogP) is 1.52. The van der Waals surface area contributed by atoms with Gasteiger partial charge in [-0.3, -0.25) is 10.1 Å². The fourth-order valence-electron chi connectivity index (χ4n) is 1.86. The molecule has 7 heteroatoms. The van der Waals surface area contributed by atoms with Crippen molar-refractivity contribution in [1.82, 2.24) is 15.0 Å². The molecule has 0 atom stereocenters. The molecule has 0 aliphatic heterocycles. The Morgan fingerprint density at radius 2 is 1.30 bits per heavy atom. The first-order valence-electron chi connectivity index (χ1n) is 7.09. The normalized spacial score (nSPS) is 10.2. The Morgan fingerprint density at radius 3 is 1.60 bits per heavy atom. The molecule has 0 bridgehead atoms. The van der Waals surface area contributed by atoms with Crippen LogP contribution in [0.25, 0.3) is 0 Å². The highest BCUT2D eigenvalue weighted by molar-refractivity contribution is 5.86. The zero-order valence-corrected chi connectivity index (χ0v) is 13.0. The van der Waals surface area contributed by atoms with Crippen LogP contribution in [-0.4, -0.2) is 47.0 Å². The number of nitrogens with one attached hydrogen (secondary N) is 1. The van der Waals surface area contributed by atoms with Crippen LogP contribution >= 0.6 is 0 Å². The minimum Gasteiger partial charge on any atom is -0.341 e. The fourth-order valence-corrected chi connectivity index (χ4v) is 1.86. The largest absolute Gasteiger partial charge is 0.341 e. The van der Waals surface area contributed by atoms with Gasteiger partial charge in [-0.25, -0.2) is 0 Å². The molecule has 0 aliphatic rings. The summed E-state index contributed by atoms with van der Waals surface area (Å²) in [6.07, 6.45) is 0. The molecule has 20 heavy (non-hydrogen) atoms. The summed E-state index contributed by atoms with van der Waals surface area (Å²) >= 11 is 0. The van der Waals surface area contributed by atoms with Crippen LogP contribution in [0.1, 0.15) is 34.6 Å². The molecule has 1 aromatic rings. The SMILES string of the molecule is CCN(CC)c1nc(NC(C)=O)nc(N(CC)CC)n1. The lowest BCUT2D eigenvalue weighted by Crippen LogP contribution is -2.29. The number of hydrogen-bond acceptors (Lipinski definition) is 6. The Morgan fingerprint density at radius 1 is 0.900 bits per heavy atom. The summed E-state index contributed by atoms with van der Waals surface area (Å²) in [4.78, 5) is 28.4. The topological polar surface area (TPSA) is 74.2 Å². The van der Waals surface area contributed by atoms with Gasteiger partial charge in [-0.2, -0.15) is 15.0 Å². The first kappa shape index (κ1) is 16.1. The second-order valence-electron chi connectivity index (χ2n) is 4.28. The highest BCUT2D eigenvalue weighted by Gasteiger charge is 2.14. The van der Waals surface area contributed by atoms with E-state index in [9.17, 15) is 4.79 Å². The standard InChI is InChI=1S/C13H24N6O/c1-6-18(7-2)12-15-11(14-10(5)20)16-13(17-12)19(8-3)9-4/h6-9H2,1-5H3,(H,14,15,16,17,20). The first-order chi connectivity index (χ1) is 9.55. The molecule has 0 radical (unpaired) electrons. The van der Waals surface area contributed by atoms with Gasteiger partial charge in [0, 0.05) is 33.1 Å². The number of hydrogen-bond donors (Lipinski definition) is 1. The van der Waals surface area contributed by atoms with Crippen LogP contribution < -0.4 is 15.1 Å². The summed E-state index contributed by atoms with van der Waals surface area (Å²) in [6.45, 7) is 12.8. The number of nitrogens with zero attached hydrogens (tertiary/aromatic N) is 5. The van der Waals surface area contributed by atoms with E-state index in [4.69, 9.17) is 0 Å². The Balaban J connectivity index is 3.22. The maximum atomic E-state index is 11.2. The molecule has 0 unspecified atom stereocenters. The van der Waals surface area contributed by atoms with Crippen LogP contribution in [0, 0.1) is 0 Å². The van der Waals surface area contributed by atoms with Crippen LogP contribution in [-0.2, 0) is 4.79 Å². The minimum atomic E-state index is -0.188. The van der Waals surface area contributed by atoms with E-state index in [0.717, 1.165) is 26.2 Å². The van der Waals surface area contributed by atoms with Crippen molar-refractivity contribution in [2.75, 3.05) is 41.3 Å². The number of carbonyl (C=O) groups excluding carboxylic acids is 1. The van der Waals surface area contributed by atoms with Crippen LogP contribution in [0.15, 0.2) is 0 Å². The van der Waals surface area contributed by atoms with Crippen molar-refractivity contribution in [3.05, 3.63) is 0 Å². The second-order valence-corrected chi connectivity index (χ2v) is 4.28. The van der Waals surface area contributed by atoms with Gasteiger partial charge in [-0.1, -0.05) is 0 Å². The van der Waals surface area contributed by atoms with E-state index in [1.165, 1.54) is 6.92 Å². The van der Waals surface area contributed by atoms with E-state index < -0.39 is 0 Å². The Kier molecular flexibility index (Phi) is 6.14. The Labute approximate surface area is 120 Å². The lowest BCUT2D eigenvalue weighted by atomic mass is 10.5. The van der Waals surface area contributed by atoms with E-state index in [-0.39, 0.29) is 5.91 Å². The third-order valence-electron chi connectivity index (χ3n) is 2.99. The molecule has 1 aromatic heterocycles. The molecule has 1 heterocycles. The van der Waals surface area contributed by atoms with Crippen LogP contribution in [0.3, 0.4) is 0 Å². The molecule has 112 valence electrons. The number of aromatic nitrogens is 3. The number of amides is 1. The van der Waals surface area contributed by atoms with Crippen molar-refractivity contribution >= 4 is 23.8 Å². The third-order valence-corrected chi connectivity index (χ3v) is 2.99. The quantitative estimate of drug-likeness (QED) is 0.816. The minimum absolute atomic E-state index is 0.188. The van der Waals surface area contributed by atoms with E-state index in [0.29, 0.717) is 17.8 Å². The fraction of sp³-hybridized carbons (Fsp3) is 0.692. The molecule has 0 aromatic carbocycles. The second kappa shape index (κ2) is 7.62. The molecular weight excluding hydrogens is 256 g/mol. The summed E-state index contributed by atoms with van der Waals surface area (Å²) in [5.41, 5.74) is 0. The number of anilines is 3. The monoisotopic (exact) mass is 280 g/mol. The van der Waals surface area contributed by atoms with Gasteiger partial charge in [-0.05, 0) is 27.7 Å². The molecule has 1 rings (SSSR count). The molecule has 0 aliphatic carbocycles. The molecular formula is C13H24N6O. The van der Waals surface area contributed by atoms with E-state index in [2.05, 4.69) is 20.3 Å². The summed E-state index contributed by atoms with van der Waals surface area (Å²) < 4.78 is 0. The smallest absolute Gasteiger partial charge is 0.236 e. The van der Waals surface area contributed by atoms with E-state index in [1.54, 1.807) is 0 Å². The predicted molar refractivity (Wildman–Crippen MR) is 81.3 cm³/mol. The van der Waals surface area contributed by atoms with Crippen LogP contribution in [0.2, 0.25) is 0 Å². The molecule has 1 N–H and O–H groups in total. The van der Waals surface area contributed by atoms with Crippen molar-refractivity contribution < 1.29 is 4.79 Å². The Hall–Kier alpha value is -1.92. The van der Waals surface area contributed by atoms with Crippen LogP contribution in [0.5, 0.6) is 0 Å². The first-order valence-corrected chi connectivity index (χ1v) is 7.09. The van der Waals surface area contributed by atoms with E-state index >= 15 is 0 Å².